The summed E-state index contributed by atoms with van der Waals surface area (Å²) in [6.07, 6.45) is 0. The minimum atomic E-state index is -3.62. The summed E-state index contributed by atoms with van der Waals surface area (Å²) in [7, 11) is -0.709. The maximum atomic E-state index is 11.5. The van der Waals surface area contributed by atoms with Crippen molar-refractivity contribution in [3.63, 3.8) is 0 Å². The summed E-state index contributed by atoms with van der Waals surface area (Å²) in [5.41, 5.74) is 0.823. The lowest BCUT2D eigenvalue weighted by Gasteiger charge is -2.27. The van der Waals surface area contributed by atoms with Crippen LogP contribution in [0.2, 0.25) is 0 Å². The molecule has 18 heavy (non-hydrogen) atoms. The van der Waals surface area contributed by atoms with Gasteiger partial charge in [0.1, 0.15) is 0 Å². The monoisotopic (exact) mass is 271 g/mol. The smallest absolute Gasteiger partial charge is 0.298 e. The molecular weight excluding hydrogens is 258 g/mol. The van der Waals surface area contributed by atoms with E-state index in [1.165, 1.54) is 11.9 Å². The molecule has 7 nitrogen and oxygen atoms in total. The van der Waals surface area contributed by atoms with Crippen LogP contribution in [-0.4, -0.2) is 35.0 Å². The van der Waals surface area contributed by atoms with E-state index in [2.05, 4.69) is 9.44 Å². The lowest BCUT2D eigenvalue weighted by molar-refractivity contribution is -0.120. The summed E-state index contributed by atoms with van der Waals surface area (Å²) in [5, 5.41) is 0. The van der Waals surface area contributed by atoms with E-state index in [0.717, 1.165) is 0 Å². The number of carbonyl (C=O) groups is 1. The minimum absolute atomic E-state index is 0.109. The largest absolute Gasteiger partial charge is 0.479 e. The maximum Gasteiger partial charge on any atom is 0.298 e. The number of fused-ring (bicyclic) bond motifs is 1. The van der Waals surface area contributed by atoms with E-state index in [0.29, 0.717) is 17.1 Å². The fraction of sp³-hybridized carbons (Fsp3) is 0.300. The SMILES string of the molecule is CNS(=O)(=O)Nc1cccc2c1OCC(=O)N2C. The molecule has 0 aromatic heterocycles. The van der Waals surface area contributed by atoms with Gasteiger partial charge in [0.15, 0.2) is 12.4 Å². The van der Waals surface area contributed by atoms with Crippen LogP contribution >= 0.6 is 0 Å². The van der Waals surface area contributed by atoms with Gasteiger partial charge in [0.05, 0.1) is 11.4 Å². The molecule has 1 heterocycles. The number of nitrogens with one attached hydrogen (secondary N) is 2. The molecule has 2 N–H and O–H groups in total. The predicted molar refractivity (Wildman–Crippen MR) is 66.9 cm³/mol. The molecule has 0 unspecified atom stereocenters. The lowest BCUT2D eigenvalue weighted by Crippen LogP contribution is -2.36. The van der Waals surface area contributed by atoms with Crippen molar-refractivity contribution in [1.82, 2.24) is 4.72 Å². The highest BCUT2D eigenvalue weighted by molar-refractivity contribution is 7.90. The van der Waals surface area contributed by atoms with Gasteiger partial charge < -0.3 is 9.64 Å². The van der Waals surface area contributed by atoms with Crippen molar-refractivity contribution >= 4 is 27.5 Å². The Hall–Kier alpha value is -1.80. The Morgan fingerprint density at radius 1 is 1.39 bits per heavy atom. The average molecular weight is 271 g/mol. The van der Waals surface area contributed by atoms with Crippen molar-refractivity contribution < 1.29 is 17.9 Å². The number of ether oxygens (including phenoxy) is 1. The Balaban J connectivity index is 2.43. The first kappa shape index (κ1) is 12.7. The highest BCUT2D eigenvalue weighted by Gasteiger charge is 2.25. The van der Waals surface area contributed by atoms with Crippen molar-refractivity contribution in [2.24, 2.45) is 0 Å². The van der Waals surface area contributed by atoms with Gasteiger partial charge in [-0.1, -0.05) is 6.07 Å². The topological polar surface area (TPSA) is 87.7 Å². The third-order valence-electron chi connectivity index (χ3n) is 2.58. The molecule has 0 radical (unpaired) electrons. The summed E-state index contributed by atoms with van der Waals surface area (Å²) in [6.45, 7) is -0.109. The van der Waals surface area contributed by atoms with E-state index in [-0.39, 0.29) is 12.5 Å². The Morgan fingerprint density at radius 2 is 2.11 bits per heavy atom. The van der Waals surface area contributed by atoms with Gasteiger partial charge in [-0.05, 0) is 12.1 Å². The molecule has 0 saturated carbocycles. The fourth-order valence-corrected chi connectivity index (χ4v) is 2.13. The number of benzene rings is 1. The van der Waals surface area contributed by atoms with Crippen LogP contribution in [0.5, 0.6) is 5.75 Å². The Labute approximate surface area is 105 Å². The molecule has 1 aromatic carbocycles. The molecule has 2 rings (SSSR count). The maximum absolute atomic E-state index is 11.5. The number of likely N-dealkylation sites (N-methyl/N-ethyl adjacent to an activating group) is 1. The second-order valence-electron chi connectivity index (χ2n) is 3.70. The van der Waals surface area contributed by atoms with Gasteiger partial charge in [-0.15, -0.1) is 0 Å². The number of carbonyl (C=O) groups excluding carboxylic acids is 1. The van der Waals surface area contributed by atoms with Gasteiger partial charge in [0, 0.05) is 14.1 Å². The molecule has 1 aromatic rings. The molecule has 0 bridgehead atoms. The average Bonchev–Trinajstić information content (AvgIpc) is 2.34. The molecule has 0 fully saturated rings. The summed E-state index contributed by atoms with van der Waals surface area (Å²) in [4.78, 5) is 12.9. The van der Waals surface area contributed by atoms with Gasteiger partial charge in [0.2, 0.25) is 0 Å². The van der Waals surface area contributed by atoms with E-state index in [9.17, 15) is 13.2 Å². The summed E-state index contributed by atoms with van der Waals surface area (Å²) in [6, 6.07) is 4.89. The molecule has 1 aliphatic heterocycles. The van der Waals surface area contributed by atoms with Crippen LogP contribution in [-0.2, 0) is 15.0 Å². The zero-order chi connectivity index (χ0) is 13.3. The van der Waals surface area contributed by atoms with E-state index in [4.69, 9.17) is 4.74 Å². The predicted octanol–water partition coefficient (Wildman–Crippen LogP) is -0.0821. The molecular formula is C10H13N3O4S. The van der Waals surface area contributed by atoms with Crippen LogP contribution in [0, 0.1) is 0 Å². The third kappa shape index (κ3) is 2.24. The van der Waals surface area contributed by atoms with Gasteiger partial charge in [-0.3, -0.25) is 9.52 Å². The first-order chi connectivity index (χ1) is 8.44. The summed E-state index contributed by atoms with van der Waals surface area (Å²) >= 11 is 0. The molecule has 0 aliphatic carbocycles. The first-order valence-corrected chi connectivity index (χ1v) is 6.66. The quantitative estimate of drug-likeness (QED) is 0.804. The molecule has 0 spiro atoms. The van der Waals surface area contributed by atoms with Crippen LogP contribution in [0.1, 0.15) is 0 Å². The van der Waals surface area contributed by atoms with Gasteiger partial charge in [-0.25, -0.2) is 4.72 Å². The van der Waals surface area contributed by atoms with Crippen molar-refractivity contribution in [3.8, 4) is 5.75 Å². The first-order valence-electron chi connectivity index (χ1n) is 5.18. The second kappa shape index (κ2) is 4.46. The zero-order valence-corrected chi connectivity index (χ0v) is 10.7. The normalized spacial score (nSPS) is 15.0. The fourth-order valence-electron chi connectivity index (χ4n) is 1.58. The molecule has 98 valence electrons. The van der Waals surface area contributed by atoms with Gasteiger partial charge >= 0.3 is 0 Å². The van der Waals surface area contributed by atoms with Crippen LogP contribution in [0.25, 0.3) is 0 Å². The number of nitrogens with zero attached hydrogens (tertiary/aromatic N) is 1. The van der Waals surface area contributed by atoms with Crippen LogP contribution < -0.4 is 19.1 Å². The van der Waals surface area contributed by atoms with Crippen molar-refractivity contribution in [3.05, 3.63) is 18.2 Å². The van der Waals surface area contributed by atoms with E-state index >= 15 is 0 Å². The highest BCUT2D eigenvalue weighted by atomic mass is 32.2. The summed E-state index contributed by atoms with van der Waals surface area (Å²) in [5.74, 6) is 0.162. The van der Waals surface area contributed by atoms with E-state index < -0.39 is 10.2 Å². The lowest BCUT2D eigenvalue weighted by atomic mass is 10.2. The number of para-hydroxylation sites is 1. The van der Waals surface area contributed by atoms with Crippen LogP contribution in [0.3, 0.4) is 0 Å². The number of hydrogen-bond acceptors (Lipinski definition) is 4. The Morgan fingerprint density at radius 3 is 2.78 bits per heavy atom. The van der Waals surface area contributed by atoms with Crippen LogP contribution in [0.15, 0.2) is 18.2 Å². The number of amides is 1. The minimum Gasteiger partial charge on any atom is -0.479 e. The van der Waals surface area contributed by atoms with E-state index in [1.807, 2.05) is 0 Å². The number of anilines is 2. The number of hydrogen-bond donors (Lipinski definition) is 2. The molecule has 0 atom stereocenters. The van der Waals surface area contributed by atoms with Crippen molar-refractivity contribution in [2.45, 2.75) is 0 Å². The molecule has 1 aliphatic rings. The van der Waals surface area contributed by atoms with Crippen molar-refractivity contribution in [1.29, 1.82) is 0 Å². The number of rotatable bonds is 3. The van der Waals surface area contributed by atoms with E-state index in [1.54, 1.807) is 25.2 Å². The summed E-state index contributed by atoms with van der Waals surface area (Å²) < 4.78 is 32.6. The molecule has 1 amide bonds. The van der Waals surface area contributed by atoms with Gasteiger partial charge in [-0.2, -0.15) is 8.42 Å². The van der Waals surface area contributed by atoms with Crippen molar-refractivity contribution in [2.75, 3.05) is 30.3 Å². The standard InChI is InChI=1S/C10H13N3O4S/c1-11-18(15,16)12-7-4-3-5-8-10(7)17-6-9(14)13(8)2/h3-5,11-12H,6H2,1-2H3. The van der Waals surface area contributed by atoms with Gasteiger partial charge in [0.25, 0.3) is 16.1 Å². The highest BCUT2D eigenvalue weighted by Crippen LogP contribution is 2.38. The Bertz CT molecular complexity index is 585. The van der Waals surface area contributed by atoms with Crippen LogP contribution in [0.4, 0.5) is 11.4 Å². The molecule has 0 saturated heterocycles. The molecule has 8 heteroatoms. The second-order valence-corrected chi connectivity index (χ2v) is 5.32. The zero-order valence-electron chi connectivity index (χ0n) is 9.93. The Kier molecular flexibility index (Phi) is 3.14. The third-order valence-corrected chi connectivity index (χ3v) is 3.61.